The Morgan fingerprint density at radius 3 is 2.52 bits per heavy atom. The summed E-state index contributed by atoms with van der Waals surface area (Å²) >= 11 is 0. The van der Waals surface area contributed by atoms with Crippen molar-refractivity contribution in [1.29, 1.82) is 0 Å². The molecule has 1 N–H and O–H groups in total. The number of hydrogen-bond acceptors (Lipinski definition) is 2. The maximum absolute atomic E-state index is 11.9. The maximum Gasteiger partial charge on any atom is 0.133 e. The summed E-state index contributed by atoms with van der Waals surface area (Å²) in [5.41, 5.74) is 0.598. The van der Waals surface area contributed by atoms with Gasteiger partial charge in [-0.1, -0.05) is 13.8 Å². The minimum absolute atomic E-state index is 0.0677. The number of carbonyl (C=O) groups excluding carboxylic acids is 1. The first-order valence-corrected chi connectivity index (χ1v) is 9.15. The fourth-order valence-corrected chi connectivity index (χ4v) is 7.02. The number of ketones is 1. The Morgan fingerprint density at radius 1 is 0.952 bits per heavy atom. The molecule has 0 radical (unpaired) electrons. The van der Waals surface area contributed by atoms with E-state index in [1.807, 2.05) is 0 Å². The van der Waals surface area contributed by atoms with Crippen LogP contribution in [0.15, 0.2) is 0 Å². The normalized spacial score (nSPS) is 56.5. The van der Waals surface area contributed by atoms with Crippen LogP contribution in [0, 0.1) is 34.5 Å². The number of aliphatic hydroxyl groups excluding tert-OH is 1. The molecular formula is C19H30O2. The molecule has 4 aliphatic rings. The number of hydrogen-bond donors (Lipinski definition) is 1. The maximum atomic E-state index is 11.9. The molecule has 4 aliphatic carbocycles. The van der Waals surface area contributed by atoms with Crippen molar-refractivity contribution in [2.45, 2.75) is 77.7 Å². The second-order valence-corrected chi connectivity index (χ2v) is 9.04. The largest absolute Gasteiger partial charge is 0.393 e. The molecule has 0 spiro atoms. The molecule has 7 atom stereocenters. The van der Waals surface area contributed by atoms with Gasteiger partial charge < -0.3 is 5.11 Å². The van der Waals surface area contributed by atoms with Crippen LogP contribution in [0.25, 0.3) is 0 Å². The molecule has 118 valence electrons. The lowest BCUT2D eigenvalue weighted by Gasteiger charge is -2.60. The zero-order chi connectivity index (χ0) is 14.8. The average Bonchev–Trinajstić information content (AvgIpc) is 2.76. The first-order valence-electron chi connectivity index (χ1n) is 9.15. The van der Waals surface area contributed by atoms with E-state index < -0.39 is 0 Å². The van der Waals surface area contributed by atoms with Gasteiger partial charge in [-0.15, -0.1) is 0 Å². The first-order chi connectivity index (χ1) is 9.95. The molecule has 2 heteroatoms. The molecule has 2 unspecified atom stereocenters. The van der Waals surface area contributed by atoms with Gasteiger partial charge in [0.2, 0.25) is 0 Å². The Hall–Kier alpha value is -0.370. The van der Waals surface area contributed by atoms with E-state index in [1.54, 1.807) is 0 Å². The molecule has 4 rings (SSSR count). The first kappa shape index (κ1) is 14.2. The van der Waals surface area contributed by atoms with E-state index >= 15 is 0 Å². The van der Waals surface area contributed by atoms with Crippen LogP contribution in [0.1, 0.15) is 71.6 Å². The molecule has 4 saturated carbocycles. The predicted octanol–water partition coefficient (Wildman–Crippen LogP) is 3.96. The van der Waals surface area contributed by atoms with E-state index in [0.717, 1.165) is 43.4 Å². The third-order valence-electron chi connectivity index (χ3n) is 8.43. The van der Waals surface area contributed by atoms with Crippen LogP contribution >= 0.6 is 0 Å². The highest BCUT2D eigenvalue weighted by Crippen LogP contribution is 2.65. The van der Waals surface area contributed by atoms with Crippen molar-refractivity contribution in [3.63, 3.8) is 0 Å². The van der Waals surface area contributed by atoms with E-state index in [0.29, 0.717) is 17.1 Å². The number of aliphatic hydroxyl groups is 1. The van der Waals surface area contributed by atoms with Crippen LogP contribution in [0.4, 0.5) is 0 Å². The van der Waals surface area contributed by atoms with E-state index in [4.69, 9.17) is 0 Å². The smallest absolute Gasteiger partial charge is 0.133 e. The minimum atomic E-state index is -0.0677. The highest BCUT2D eigenvalue weighted by Gasteiger charge is 2.59. The van der Waals surface area contributed by atoms with Crippen molar-refractivity contribution in [2.75, 3.05) is 0 Å². The summed E-state index contributed by atoms with van der Waals surface area (Å²) in [6.45, 7) is 4.85. The zero-order valence-electron chi connectivity index (χ0n) is 13.6. The molecule has 0 heterocycles. The van der Waals surface area contributed by atoms with E-state index in [-0.39, 0.29) is 11.5 Å². The lowest BCUT2D eigenvalue weighted by atomic mass is 9.45. The molecule has 2 nitrogen and oxygen atoms in total. The summed E-state index contributed by atoms with van der Waals surface area (Å²) < 4.78 is 0. The van der Waals surface area contributed by atoms with Gasteiger partial charge in [-0.3, -0.25) is 4.79 Å². The summed E-state index contributed by atoms with van der Waals surface area (Å²) in [5, 5.41) is 10.5. The van der Waals surface area contributed by atoms with Gasteiger partial charge in [0.1, 0.15) is 5.78 Å². The highest BCUT2D eigenvalue weighted by molar-refractivity contribution is 5.79. The monoisotopic (exact) mass is 290 g/mol. The van der Waals surface area contributed by atoms with Crippen molar-refractivity contribution in [1.82, 2.24) is 0 Å². The third kappa shape index (κ3) is 1.84. The van der Waals surface area contributed by atoms with E-state index in [2.05, 4.69) is 13.8 Å². The van der Waals surface area contributed by atoms with Crippen LogP contribution in [-0.2, 0) is 4.79 Å². The number of fused-ring (bicyclic) bond motifs is 5. The van der Waals surface area contributed by atoms with Crippen LogP contribution in [-0.4, -0.2) is 17.0 Å². The number of Topliss-reactive ketones (excluding diaryl/α,β-unsaturated/α-hetero) is 1. The standard InChI is InChI=1S/C19H30O2/c1-18-9-7-13(20)11-12(18)3-4-14-15-5-6-17(21)19(15,2)10-8-16(14)18/h12,14-17,21H,3-11H2,1-2H3/t12?,14-,15?,16-,17-,18-,19-/m0/s1. The van der Waals surface area contributed by atoms with Crippen molar-refractivity contribution >= 4 is 5.78 Å². The number of rotatable bonds is 0. The fraction of sp³-hybridized carbons (Fsp3) is 0.947. The summed E-state index contributed by atoms with van der Waals surface area (Å²) in [6.07, 6.45) is 10.0. The van der Waals surface area contributed by atoms with Gasteiger partial charge in [-0.2, -0.15) is 0 Å². The second-order valence-electron chi connectivity index (χ2n) is 9.04. The van der Waals surface area contributed by atoms with Gasteiger partial charge in [-0.25, -0.2) is 0 Å². The lowest BCUT2D eigenvalue weighted by Crippen LogP contribution is -2.54. The van der Waals surface area contributed by atoms with Crippen LogP contribution in [0.2, 0.25) is 0 Å². The topological polar surface area (TPSA) is 37.3 Å². The molecule has 21 heavy (non-hydrogen) atoms. The Kier molecular flexibility index (Phi) is 3.10. The molecule has 0 amide bonds. The molecule has 4 fully saturated rings. The van der Waals surface area contributed by atoms with Gasteiger partial charge >= 0.3 is 0 Å². The van der Waals surface area contributed by atoms with Crippen LogP contribution < -0.4 is 0 Å². The molecule has 0 aliphatic heterocycles. The summed E-state index contributed by atoms with van der Waals surface area (Å²) in [7, 11) is 0. The lowest BCUT2D eigenvalue weighted by molar-refractivity contribution is -0.141. The highest BCUT2D eigenvalue weighted by atomic mass is 16.3. The number of carbonyl (C=O) groups is 1. The Morgan fingerprint density at radius 2 is 1.71 bits per heavy atom. The van der Waals surface area contributed by atoms with Crippen LogP contribution in [0.5, 0.6) is 0 Å². The predicted molar refractivity (Wildman–Crippen MR) is 82.7 cm³/mol. The molecular weight excluding hydrogens is 260 g/mol. The average molecular weight is 290 g/mol. The molecule has 0 saturated heterocycles. The zero-order valence-corrected chi connectivity index (χ0v) is 13.6. The minimum Gasteiger partial charge on any atom is -0.393 e. The molecule has 0 aromatic carbocycles. The quantitative estimate of drug-likeness (QED) is 0.733. The van der Waals surface area contributed by atoms with Gasteiger partial charge in [-0.05, 0) is 79.4 Å². The van der Waals surface area contributed by atoms with Crippen molar-refractivity contribution in [2.24, 2.45) is 34.5 Å². The van der Waals surface area contributed by atoms with Crippen LogP contribution in [0.3, 0.4) is 0 Å². The van der Waals surface area contributed by atoms with Crippen molar-refractivity contribution in [3.05, 3.63) is 0 Å². The Bertz CT molecular complexity index is 458. The fourth-order valence-electron chi connectivity index (χ4n) is 7.02. The van der Waals surface area contributed by atoms with Gasteiger partial charge in [0.25, 0.3) is 0 Å². The molecule has 0 bridgehead atoms. The molecule has 0 aromatic heterocycles. The summed E-state index contributed by atoms with van der Waals surface area (Å²) in [6, 6.07) is 0. The Balaban J connectivity index is 1.64. The summed E-state index contributed by atoms with van der Waals surface area (Å²) in [5.74, 6) is 3.52. The van der Waals surface area contributed by atoms with E-state index in [9.17, 15) is 9.90 Å². The van der Waals surface area contributed by atoms with Crippen molar-refractivity contribution < 1.29 is 9.90 Å². The van der Waals surface area contributed by atoms with Crippen molar-refractivity contribution in [3.8, 4) is 0 Å². The summed E-state index contributed by atoms with van der Waals surface area (Å²) in [4.78, 5) is 11.9. The molecule has 0 aromatic rings. The third-order valence-corrected chi connectivity index (χ3v) is 8.43. The Labute approximate surface area is 128 Å². The SMILES string of the molecule is C[C@]12CC[C@H]3[C@@H](CCC4CC(=O)CC[C@@]43C)C1CC[C@@H]2O. The van der Waals surface area contributed by atoms with Gasteiger partial charge in [0.15, 0.2) is 0 Å². The van der Waals surface area contributed by atoms with E-state index in [1.165, 1.54) is 32.1 Å². The van der Waals surface area contributed by atoms with Gasteiger partial charge in [0, 0.05) is 12.8 Å². The van der Waals surface area contributed by atoms with Gasteiger partial charge in [0.05, 0.1) is 6.10 Å². The second kappa shape index (κ2) is 4.57.